The molecule has 2 amide bonds. The fourth-order valence-electron chi connectivity index (χ4n) is 6.29. The van der Waals surface area contributed by atoms with Crippen LogP contribution in [-0.2, 0) is 14.4 Å². The van der Waals surface area contributed by atoms with Crippen molar-refractivity contribution in [3.63, 3.8) is 0 Å². The minimum Gasteiger partial charge on any atom is -0.493 e. The molecule has 0 bridgehead atoms. The minimum atomic E-state index is -1.20. The van der Waals surface area contributed by atoms with Crippen LogP contribution in [0.3, 0.4) is 0 Å². The number of carboxylic acids is 1. The molecule has 15 nitrogen and oxygen atoms in total. The summed E-state index contributed by atoms with van der Waals surface area (Å²) in [5, 5.41) is 19.8. The lowest BCUT2D eigenvalue weighted by Gasteiger charge is -2.28. The van der Waals surface area contributed by atoms with Crippen molar-refractivity contribution in [1.82, 2.24) is 20.5 Å². The molecule has 2 unspecified atom stereocenters. The van der Waals surface area contributed by atoms with Crippen LogP contribution in [0.4, 0.5) is 5.69 Å². The van der Waals surface area contributed by atoms with Crippen LogP contribution in [0.2, 0.25) is 0 Å². The summed E-state index contributed by atoms with van der Waals surface area (Å²) >= 11 is 0. The quantitative estimate of drug-likeness (QED) is 0.0450. The van der Waals surface area contributed by atoms with Gasteiger partial charge in [0.15, 0.2) is 11.5 Å². The Hall–Kier alpha value is -5.15. The van der Waals surface area contributed by atoms with Crippen LogP contribution in [0.25, 0.3) is 33.0 Å². The Morgan fingerprint density at radius 1 is 1.04 bits per heavy atom. The Kier molecular flexibility index (Phi) is 12.9. The number of amides is 2. The molecule has 10 N–H and O–H groups in total. The molecule has 274 valence electrons. The number of rotatable bonds is 18. The molecule has 15 heteroatoms. The number of nitrogens with two attached hydrogens (primary N) is 3. The maximum Gasteiger partial charge on any atom is 0.326 e. The number of hydrogen-bond donors (Lipinski definition) is 7. The third-order valence-electron chi connectivity index (χ3n) is 9.17. The van der Waals surface area contributed by atoms with Gasteiger partial charge in [0, 0.05) is 11.9 Å². The van der Waals surface area contributed by atoms with Gasteiger partial charge in [-0.2, -0.15) is 0 Å². The monoisotopic (exact) mass is 703 g/mol. The topological polar surface area (TPSA) is 236 Å². The fraction of sp³-hybridized carbons (Fsp3) is 0.472. The van der Waals surface area contributed by atoms with E-state index in [1.165, 1.54) is 0 Å². The van der Waals surface area contributed by atoms with Crippen molar-refractivity contribution in [3.05, 3.63) is 42.5 Å². The first-order chi connectivity index (χ1) is 24.6. The molecular formula is C36H49N9O6. The zero-order chi connectivity index (χ0) is 36.3. The molecule has 2 aromatic carbocycles. The van der Waals surface area contributed by atoms with E-state index in [1.807, 2.05) is 42.5 Å². The van der Waals surface area contributed by atoms with Crippen molar-refractivity contribution in [2.24, 2.45) is 28.1 Å². The summed E-state index contributed by atoms with van der Waals surface area (Å²) in [6.45, 7) is 3.24. The van der Waals surface area contributed by atoms with Gasteiger partial charge in [-0.1, -0.05) is 18.2 Å². The molecule has 1 saturated heterocycles. The second kappa shape index (κ2) is 17.7. The van der Waals surface area contributed by atoms with Crippen LogP contribution in [-0.4, -0.2) is 97.2 Å². The van der Waals surface area contributed by atoms with Gasteiger partial charge in [0.2, 0.25) is 11.8 Å². The maximum atomic E-state index is 13.4. The number of benzene rings is 2. The van der Waals surface area contributed by atoms with E-state index in [9.17, 15) is 19.5 Å². The van der Waals surface area contributed by atoms with Crippen LogP contribution >= 0.6 is 0 Å². The molecule has 0 aliphatic carbocycles. The van der Waals surface area contributed by atoms with Gasteiger partial charge >= 0.3 is 5.97 Å². The van der Waals surface area contributed by atoms with Crippen LogP contribution in [0.5, 0.6) is 5.75 Å². The van der Waals surface area contributed by atoms with Gasteiger partial charge in [-0.3, -0.25) is 14.6 Å². The summed E-state index contributed by atoms with van der Waals surface area (Å²) < 4.78 is 12.5. The number of furan rings is 1. The van der Waals surface area contributed by atoms with Crippen molar-refractivity contribution in [1.29, 1.82) is 0 Å². The third-order valence-corrected chi connectivity index (χ3v) is 9.17. The Balaban J connectivity index is 1.31. The molecule has 0 saturated carbocycles. The van der Waals surface area contributed by atoms with E-state index in [0.717, 1.165) is 42.5 Å². The summed E-state index contributed by atoms with van der Waals surface area (Å²) in [6, 6.07) is 11.1. The largest absolute Gasteiger partial charge is 0.493 e. The van der Waals surface area contributed by atoms with Crippen molar-refractivity contribution >= 4 is 62.4 Å². The highest BCUT2D eigenvalue weighted by Gasteiger charge is 2.27. The number of ether oxygens (including phenoxy) is 1. The predicted octanol–water partition coefficient (Wildman–Crippen LogP) is 2.50. The number of aliphatic carboxylic acids is 1. The van der Waals surface area contributed by atoms with Crippen LogP contribution < -0.4 is 37.9 Å². The normalized spacial score (nSPS) is 15.0. The summed E-state index contributed by atoms with van der Waals surface area (Å²) in [6.07, 6.45) is 4.13. The van der Waals surface area contributed by atoms with Gasteiger partial charge in [-0.25, -0.2) is 9.78 Å². The molecule has 1 aliphatic rings. The first-order valence-corrected chi connectivity index (χ1v) is 17.5. The second-order valence-electron chi connectivity index (χ2n) is 13.1. The summed E-state index contributed by atoms with van der Waals surface area (Å²) in [7, 11) is 2.14. The standard InChI is InChI=1S/C36H49N9O6/c1-45-17-13-22(14-18-45)21-50-23-11-12-29-25(19-23)32-33(51-29)31(24-7-2-3-8-26(24)43-32)41-20-30(46)42-27(9-4-5-15-37)34(47)44-28(35(48)49)10-6-16-40-36(38)39/h2-3,7-8,11-12,19,22,27-28H,4-6,9-10,13-18,20-21,37H2,1H3,(H,41,43)(H,42,46)(H,44,47)(H,48,49)(H4,38,39,40). The number of carboxylic acid groups (broad SMARTS) is 1. The number of carbonyl (C=O) groups is 3. The maximum absolute atomic E-state index is 13.4. The van der Waals surface area contributed by atoms with E-state index < -0.39 is 29.9 Å². The molecule has 1 aliphatic heterocycles. The SMILES string of the molecule is CN1CCC(COc2ccc3oc4c(NCC(=O)NC(CCCCN)C(=O)NC(CCCN=C(N)N)C(=O)O)c5ccccc5nc4c3c2)CC1. The van der Waals surface area contributed by atoms with Crippen molar-refractivity contribution < 1.29 is 28.6 Å². The number of pyridine rings is 1. The molecule has 4 aromatic rings. The van der Waals surface area contributed by atoms with Crippen molar-refractivity contribution in [2.75, 3.05) is 51.7 Å². The average Bonchev–Trinajstić information content (AvgIpc) is 3.47. The van der Waals surface area contributed by atoms with E-state index >= 15 is 0 Å². The highest BCUT2D eigenvalue weighted by molar-refractivity contribution is 6.14. The number of carbonyl (C=O) groups excluding carboxylic acids is 2. The summed E-state index contributed by atoms with van der Waals surface area (Å²) in [5.74, 6) is -1.10. The molecule has 51 heavy (non-hydrogen) atoms. The Bertz CT molecular complexity index is 1850. The number of likely N-dealkylation sites (tertiary alicyclic amines) is 1. The number of unbranched alkanes of at least 4 members (excludes halogenated alkanes) is 1. The van der Waals surface area contributed by atoms with Crippen molar-refractivity contribution in [2.45, 2.75) is 57.0 Å². The van der Waals surface area contributed by atoms with Gasteiger partial charge in [-0.05, 0) is 102 Å². The number of anilines is 1. The van der Waals surface area contributed by atoms with E-state index in [-0.39, 0.29) is 31.9 Å². The van der Waals surface area contributed by atoms with Gasteiger partial charge in [0.25, 0.3) is 0 Å². The number of fused-ring (bicyclic) bond motifs is 4. The van der Waals surface area contributed by atoms with Gasteiger partial charge in [-0.15, -0.1) is 0 Å². The van der Waals surface area contributed by atoms with Gasteiger partial charge in [0.05, 0.1) is 29.7 Å². The zero-order valence-corrected chi connectivity index (χ0v) is 29.0. The molecule has 1 fully saturated rings. The lowest BCUT2D eigenvalue weighted by molar-refractivity contribution is -0.142. The smallest absolute Gasteiger partial charge is 0.326 e. The number of guanidine groups is 1. The molecule has 2 aromatic heterocycles. The Morgan fingerprint density at radius 2 is 1.80 bits per heavy atom. The number of nitrogens with one attached hydrogen (secondary N) is 3. The second-order valence-corrected chi connectivity index (χ2v) is 13.1. The number of para-hydroxylation sites is 1. The van der Waals surface area contributed by atoms with Gasteiger partial charge in [0.1, 0.15) is 28.9 Å². The molecule has 0 spiro atoms. The highest BCUT2D eigenvalue weighted by atomic mass is 16.5. The highest BCUT2D eigenvalue weighted by Crippen LogP contribution is 2.38. The van der Waals surface area contributed by atoms with Crippen LogP contribution in [0.15, 0.2) is 51.9 Å². The van der Waals surface area contributed by atoms with E-state index in [0.29, 0.717) is 66.2 Å². The number of aromatic nitrogens is 1. The lowest BCUT2D eigenvalue weighted by Crippen LogP contribution is -2.52. The number of nitrogens with zero attached hydrogens (tertiary/aromatic N) is 3. The van der Waals surface area contributed by atoms with Crippen molar-refractivity contribution in [3.8, 4) is 5.75 Å². The van der Waals surface area contributed by atoms with E-state index in [4.69, 9.17) is 31.3 Å². The zero-order valence-electron chi connectivity index (χ0n) is 29.0. The molecular weight excluding hydrogens is 654 g/mol. The molecule has 5 rings (SSSR count). The first kappa shape index (κ1) is 37.1. The van der Waals surface area contributed by atoms with Crippen LogP contribution in [0.1, 0.15) is 44.9 Å². The summed E-state index contributed by atoms with van der Waals surface area (Å²) in [5.41, 5.74) is 19.4. The number of piperidine rings is 1. The van der Waals surface area contributed by atoms with Gasteiger partial charge < -0.3 is 52.3 Å². The minimum absolute atomic E-state index is 0.0968. The first-order valence-electron chi connectivity index (χ1n) is 17.5. The fourth-order valence-corrected chi connectivity index (χ4v) is 6.29. The Labute approximate surface area is 296 Å². The summed E-state index contributed by atoms with van der Waals surface area (Å²) in [4.78, 5) is 49.7. The average molecular weight is 704 g/mol. The molecule has 2 atom stereocenters. The van der Waals surface area contributed by atoms with E-state index in [2.05, 4.69) is 32.9 Å². The van der Waals surface area contributed by atoms with E-state index in [1.54, 1.807) is 0 Å². The number of aliphatic imine (C=N–C) groups is 1. The van der Waals surface area contributed by atoms with Crippen LogP contribution in [0, 0.1) is 5.92 Å². The third kappa shape index (κ3) is 9.98. The predicted molar refractivity (Wildman–Crippen MR) is 198 cm³/mol. The lowest BCUT2D eigenvalue weighted by atomic mass is 9.98. The number of hydrogen-bond acceptors (Lipinski definition) is 10. The Morgan fingerprint density at radius 3 is 2.55 bits per heavy atom. The molecule has 0 radical (unpaired) electrons. The molecule has 3 heterocycles.